The third-order valence-corrected chi connectivity index (χ3v) is 3.80. The lowest BCUT2D eigenvalue weighted by atomic mass is 10.1. The van der Waals surface area contributed by atoms with Crippen LogP contribution in [0.4, 0.5) is 0 Å². The molecule has 0 aromatic heterocycles. The summed E-state index contributed by atoms with van der Waals surface area (Å²) in [6.07, 6.45) is 0.250. The average Bonchev–Trinajstić information content (AvgIpc) is 2.96. The molecule has 6 heteroatoms. The van der Waals surface area contributed by atoms with Crippen molar-refractivity contribution < 1.29 is 19.4 Å². The van der Waals surface area contributed by atoms with Gasteiger partial charge in [0.1, 0.15) is 5.75 Å². The Morgan fingerprint density at radius 3 is 2.42 bits per heavy atom. The third kappa shape index (κ3) is 3.27. The van der Waals surface area contributed by atoms with Crippen LogP contribution in [0.2, 0.25) is 0 Å². The molecule has 0 saturated carbocycles. The van der Waals surface area contributed by atoms with E-state index < -0.39 is 5.97 Å². The SMILES string of the molecule is COc1ccc(C2=NN(Cc3ccc(C(=O)O)cc3)C(=O)C2)cc1. The van der Waals surface area contributed by atoms with Gasteiger partial charge in [-0.25, -0.2) is 9.80 Å². The Kier molecular flexibility index (Phi) is 4.29. The quantitative estimate of drug-likeness (QED) is 0.916. The lowest BCUT2D eigenvalue weighted by Gasteiger charge is -2.11. The van der Waals surface area contributed by atoms with Crippen LogP contribution in [0.1, 0.15) is 27.9 Å². The Bertz CT molecular complexity index is 795. The third-order valence-electron chi connectivity index (χ3n) is 3.80. The highest BCUT2D eigenvalue weighted by atomic mass is 16.5. The molecule has 0 fully saturated rings. The largest absolute Gasteiger partial charge is 0.497 e. The number of methoxy groups -OCH3 is 1. The highest BCUT2D eigenvalue weighted by Gasteiger charge is 2.24. The van der Waals surface area contributed by atoms with Crippen LogP contribution in [-0.2, 0) is 11.3 Å². The number of ether oxygens (including phenoxy) is 1. The second-order valence-electron chi connectivity index (χ2n) is 5.41. The number of carbonyl (C=O) groups excluding carboxylic acids is 1. The van der Waals surface area contributed by atoms with E-state index in [1.165, 1.54) is 17.1 Å². The standard InChI is InChI=1S/C18H16N2O4/c1-24-15-8-6-13(7-9-15)16-10-17(21)20(19-16)11-12-2-4-14(5-3-12)18(22)23/h2-9H,10-11H2,1H3,(H,22,23). The number of benzene rings is 2. The van der Waals surface area contributed by atoms with Crippen molar-refractivity contribution >= 4 is 17.6 Å². The lowest BCUT2D eigenvalue weighted by molar-refractivity contribution is -0.129. The summed E-state index contributed by atoms with van der Waals surface area (Å²) in [6.45, 7) is 0.318. The summed E-state index contributed by atoms with van der Waals surface area (Å²) in [6, 6.07) is 13.8. The first kappa shape index (κ1) is 15.7. The maximum absolute atomic E-state index is 12.2. The fourth-order valence-electron chi connectivity index (χ4n) is 2.46. The van der Waals surface area contributed by atoms with Crippen molar-refractivity contribution in [1.29, 1.82) is 0 Å². The normalized spacial score (nSPS) is 13.8. The molecule has 0 aliphatic carbocycles. The summed E-state index contributed by atoms with van der Waals surface area (Å²) >= 11 is 0. The van der Waals surface area contributed by atoms with Crippen molar-refractivity contribution in [2.24, 2.45) is 5.10 Å². The van der Waals surface area contributed by atoms with Gasteiger partial charge in [0, 0.05) is 0 Å². The summed E-state index contributed by atoms with van der Waals surface area (Å²) in [5.41, 5.74) is 2.64. The van der Waals surface area contributed by atoms with Crippen LogP contribution in [0.15, 0.2) is 53.6 Å². The van der Waals surface area contributed by atoms with Gasteiger partial charge in [0.05, 0.1) is 31.4 Å². The van der Waals surface area contributed by atoms with E-state index >= 15 is 0 Å². The predicted octanol–water partition coefficient (Wildman–Crippen LogP) is 2.53. The minimum absolute atomic E-state index is 0.0804. The molecule has 1 aliphatic heterocycles. The maximum atomic E-state index is 12.2. The van der Waals surface area contributed by atoms with Crippen LogP contribution < -0.4 is 4.74 Å². The Balaban J connectivity index is 1.74. The molecule has 3 rings (SSSR count). The molecule has 24 heavy (non-hydrogen) atoms. The van der Waals surface area contributed by atoms with Crippen LogP contribution >= 0.6 is 0 Å². The van der Waals surface area contributed by atoms with Gasteiger partial charge in [0.25, 0.3) is 0 Å². The van der Waals surface area contributed by atoms with Crippen LogP contribution in [0.3, 0.4) is 0 Å². The summed E-state index contributed by atoms with van der Waals surface area (Å²) in [7, 11) is 1.60. The first-order valence-electron chi connectivity index (χ1n) is 7.41. The van der Waals surface area contributed by atoms with Gasteiger partial charge in [0.15, 0.2) is 0 Å². The van der Waals surface area contributed by atoms with Crippen molar-refractivity contribution in [2.75, 3.05) is 7.11 Å². The topological polar surface area (TPSA) is 79.2 Å². The molecule has 1 N–H and O–H groups in total. The highest BCUT2D eigenvalue weighted by Crippen LogP contribution is 2.20. The molecule has 2 aromatic carbocycles. The van der Waals surface area contributed by atoms with Crippen LogP contribution in [0.25, 0.3) is 0 Å². The smallest absolute Gasteiger partial charge is 0.335 e. The Morgan fingerprint density at radius 1 is 1.17 bits per heavy atom. The molecule has 2 aromatic rings. The molecule has 1 amide bonds. The molecule has 0 atom stereocenters. The molecular weight excluding hydrogens is 308 g/mol. The monoisotopic (exact) mass is 324 g/mol. The number of nitrogens with zero attached hydrogens (tertiary/aromatic N) is 2. The van der Waals surface area contributed by atoms with E-state index in [1.54, 1.807) is 19.2 Å². The van der Waals surface area contributed by atoms with Crippen molar-refractivity contribution in [3.05, 3.63) is 65.2 Å². The van der Waals surface area contributed by atoms with Gasteiger partial charge in [-0.1, -0.05) is 12.1 Å². The number of hydrogen-bond donors (Lipinski definition) is 1. The van der Waals surface area contributed by atoms with Gasteiger partial charge < -0.3 is 9.84 Å². The second-order valence-corrected chi connectivity index (χ2v) is 5.41. The summed E-state index contributed by atoms with van der Waals surface area (Å²) in [5, 5.41) is 14.7. The fraction of sp³-hybridized carbons (Fsp3) is 0.167. The zero-order chi connectivity index (χ0) is 17.1. The van der Waals surface area contributed by atoms with Gasteiger partial charge in [-0.3, -0.25) is 4.79 Å². The first-order chi connectivity index (χ1) is 11.6. The number of carboxylic acid groups (broad SMARTS) is 1. The molecule has 122 valence electrons. The Labute approximate surface area is 139 Å². The zero-order valence-electron chi connectivity index (χ0n) is 13.1. The Morgan fingerprint density at radius 2 is 1.83 bits per heavy atom. The second kappa shape index (κ2) is 6.54. The molecule has 1 aliphatic rings. The maximum Gasteiger partial charge on any atom is 0.335 e. The number of carboxylic acids is 1. The number of aromatic carboxylic acids is 1. The molecular formula is C18H16N2O4. The van der Waals surface area contributed by atoms with Crippen LogP contribution in [-0.4, -0.2) is 34.8 Å². The Hall–Kier alpha value is -3.15. The minimum Gasteiger partial charge on any atom is -0.497 e. The summed E-state index contributed by atoms with van der Waals surface area (Å²) in [4.78, 5) is 23.0. The van der Waals surface area contributed by atoms with Gasteiger partial charge in [-0.15, -0.1) is 0 Å². The number of rotatable bonds is 5. The van der Waals surface area contributed by atoms with E-state index in [-0.39, 0.29) is 17.9 Å². The van der Waals surface area contributed by atoms with E-state index in [1.807, 2.05) is 24.3 Å². The molecule has 0 bridgehead atoms. The van der Waals surface area contributed by atoms with E-state index in [2.05, 4.69) is 5.10 Å². The van der Waals surface area contributed by atoms with E-state index in [0.717, 1.165) is 16.9 Å². The van der Waals surface area contributed by atoms with Crippen molar-refractivity contribution in [1.82, 2.24) is 5.01 Å². The fourth-order valence-corrected chi connectivity index (χ4v) is 2.46. The van der Waals surface area contributed by atoms with Gasteiger partial charge in [0.2, 0.25) is 5.91 Å². The van der Waals surface area contributed by atoms with Gasteiger partial charge in [-0.05, 0) is 47.5 Å². The number of amides is 1. The number of carbonyl (C=O) groups is 2. The molecule has 1 heterocycles. The van der Waals surface area contributed by atoms with E-state index in [0.29, 0.717) is 12.3 Å². The first-order valence-corrected chi connectivity index (χ1v) is 7.41. The highest BCUT2D eigenvalue weighted by molar-refractivity contribution is 6.13. The van der Waals surface area contributed by atoms with E-state index in [4.69, 9.17) is 9.84 Å². The molecule has 6 nitrogen and oxygen atoms in total. The predicted molar refractivity (Wildman–Crippen MR) is 88.1 cm³/mol. The molecule has 0 saturated heterocycles. The molecule has 0 radical (unpaired) electrons. The molecule has 0 spiro atoms. The van der Waals surface area contributed by atoms with Crippen molar-refractivity contribution in [3.8, 4) is 5.75 Å². The van der Waals surface area contributed by atoms with Crippen molar-refractivity contribution in [2.45, 2.75) is 13.0 Å². The average molecular weight is 324 g/mol. The summed E-state index contributed by atoms with van der Waals surface area (Å²) < 4.78 is 5.12. The van der Waals surface area contributed by atoms with E-state index in [9.17, 15) is 9.59 Å². The van der Waals surface area contributed by atoms with Gasteiger partial charge >= 0.3 is 5.97 Å². The van der Waals surface area contributed by atoms with Crippen LogP contribution in [0.5, 0.6) is 5.75 Å². The number of hydrogen-bond acceptors (Lipinski definition) is 4. The number of hydrazone groups is 1. The minimum atomic E-state index is -0.974. The lowest BCUT2D eigenvalue weighted by Crippen LogP contribution is -2.20. The van der Waals surface area contributed by atoms with Crippen LogP contribution in [0, 0.1) is 0 Å². The summed E-state index contributed by atoms with van der Waals surface area (Å²) in [5.74, 6) is -0.305. The zero-order valence-corrected chi connectivity index (χ0v) is 13.1. The van der Waals surface area contributed by atoms with Crippen molar-refractivity contribution in [3.63, 3.8) is 0 Å². The molecule has 0 unspecified atom stereocenters. The van der Waals surface area contributed by atoms with Gasteiger partial charge in [-0.2, -0.15) is 5.10 Å².